The lowest BCUT2D eigenvalue weighted by molar-refractivity contribution is -0.114. The zero-order chi connectivity index (χ0) is 25.7. The van der Waals surface area contributed by atoms with Crippen molar-refractivity contribution in [1.82, 2.24) is 9.58 Å². The molecule has 0 spiro atoms. The number of aliphatic imine (C=N–C) groups is 1. The van der Waals surface area contributed by atoms with Gasteiger partial charge in [-0.3, -0.25) is 10.2 Å². The first-order valence-electron chi connectivity index (χ1n) is 11.5. The van der Waals surface area contributed by atoms with Crippen LogP contribution < -0.4 is 0 Å². The van der Waals surface area contributed by atoms with Gasteiger partial charge in [-0.1, -0.05) is 77.8 Å². The summed E-state index contributed by atoms with van der Waals surface area (Å²) in [6.45, 7) is 2.59. The van der Waals surface area contributed by atoms with Gasteiger partial charge in [0.15, 0.2) is 5.84 Å². The highest BCUT2D eigenvalue weighted by Crippen LogP contribution is 2.35. The monoisotopic (exact) mass is 543 g/mol. The van der Waals surface area contributed by atoms with E-state index in [1.807, 2.05) is 73.7 Å². The van der Waals surface area contributed by atoms with Gasteiger partial charge in [0.25, 0.3) is 5.91 Å². The summed E-state index contributed by atoms with van der Waals surface area (Å²) in [6.07, 6.45) is 1.75. The maximum absolute atomic E-state index is 13.1. The molecule has 182 valence electrons. The molecule has 2 aliphatic heterocycles. The third-order valence-corrected chi connectivity index (χ3v) is 8.05. The van der Waals surface area contributed by atoms with Crippen molar-refractivity contribution in [3.05, 3.63) is 111 Å². The van der Waals surface area contributed by atoms with Crippen LogP contribution in [0.4, 0.5) is 0 Å². The average Bonchev–Trinajstić information content (AvgIpc) is 3.43. The predicted molar refractivity (Wildman–Crippen MR) is 153 cm³/mol. The number of amides is 1. The number of amidine groups is 2. The van der Waals surface area contributed by atoms with E-state index in [4.69, 9.17) is 28.6 Å². The Morgan fingerprint density at radius 1 is 0.973 bits per heavy atom. The lowest BCUT2D eigenvalue weighted by atomic mass is 10.1. The van der Waals surface area contributed by atoms with E-state index in [1.54, 1.807) is 12.1 Å². The number of fused-ring (bicyclic) bond motifs is 2. The fourth-order valence-corrected chi connectivity index (χ4v) is 5.93. The van der Waals surface area contributed by atoms with Crippen molar-refractivity contribution >= 4 is 73.9 Å². The minimum Gasteiger partial charge on any atom is -0.340 e. The number of nitrogens with zero attached hydrogens (tertiary/aromatic N) is 4. The van der Waals surface area contributed by atoms with Crippen LogP contribution in [0.5, 0.6) is 0 Å². The molecule has 0 saturated carbocycles. The van der Waals surface area contributed by atoms with Gasteiger partial charge in [-0.15, -0.1) is 0 Å². The second kappa shape index (κ2) is 9.34. The van der Waals surface area contributed by atoms with Gasteiger partial charge in [-0.05, 0) is 48.5 Å². The number of hydrogen-bond acceptors (Lipinski definition) is 4. The van der Waals surface area contributed by atoms with E-state index in [0.717, 1.165) is 33.3 Å². The lowest BCUT2D eigenvalue weighted by Crippen LogP contribution is -2.35. The first-order chi connectivity index (χ1) is 17.9. The van der Waals surface area contributed by atoms with E-state index < -0.39 is 5.91 Å². The van der Waals surface area contributed by atoms with Crippen LogP contribution in [0.3, 0.4) is 0 Å². The smallest absolute Gasteiger partial charge is 0.283 e. The van der Waals surface area contributed by atoms with Crippen molar-refractivity contribution < 1.29 is 4.79 Å². The first-order valence-corrected chi connectivity index (χ1v) is 13.1. The molecule has 0 saturated heterocycles. The highest BCUT2D eigenvalue weighted by molar-refractivity contribution is 8.27. The Bertz CT molecular complexity index is 1720. The Hall–Kier alpha value is -3.65. The van der Waals surface area contributed by atoms with E-state index in [2.05, 4.69) is 14.7 Å². The van der Waals surface area contributed by atoms with Crippen molar-refractivity contribution in [2.24, 2.45) is 10.1 Å². The number of para-hydroxylation sites is 1. The van der Waals surface area contributed by atoms with E-state index >= 15 is 0 Å². The van der Waals surface area contributed by atoms with Crippen molar-refractivity contribution in [2.75, 3.05) is 0 Å². The number of hydrogen-bond donors (Lipinski definition) is 1. The van der Waals surface area contributed by atoms with E-state index in [-0.39, 0.29) is 11.4 Å². The molecule has 6 rings (SSSR count). The second-order valence-corrected chi connectivity index (χ2v) is 10.4. The number of halogens is 2. The zero-order valence-corrected chi connectivity index (χ0v) is 21.9. The summed E-state index contributed by atoms with van der Waals surface area (Å²) in [4.78, 5) is 17.4. The number of thioether (sulfide) groups is 1. The largest absolute Gasteiger partial charge is 0.340 e. The van der Waals surface area contributed by atoms with Gasteiger partial charge < -0.3 is 4.57 Å². The van der Waals surface area contributed by atoms with E-state index in [9.17, 15) is 4.79 Å². The molecule has 0 radical (unpaired) electrons. The van der Waals surface area contributed by atoms with E-state index in [1.165, 1.54) is 16.8 Å². The van der Waals surface area contributed by atoms with Gasteiger partial charge in [-0.25, -0.2) is 0 Å². The van der Waals surface area contributed by atoms with Crippen LogP contribution in [-0.2, 0) is 11.3 Å². The van der Waals surface area contributed by atoms with Crippen molar-refractivity contribution in [1.29, 1.82) is 5.41 Å². The number of aromatic nitrogens is 1. The third kappa shape index (κ3) is 4.09. The fourth-order valence-electron chi connectivity index (χ4n) is 4.52. The Balaban J connectivity index is 1.42. The quantitative estimate of drug-likeness (QED) is 0.282. The Morgan fingerprint density at radius 3 is 2.46 bits per heavy atom. The van der Waals surface area contributed by atoms with Crippen LogP contribution in [0.15, 0.2) is 88.5 Å². The SMILES string of the molecule is Cc1c(C=C2C(=N)N3N=C(c4ccccc4Cl)SC3=NC2=O)c2ccccc2n1Cc1ccccc1Cl. The van der Waals surface area contributed by atoms with Crippen molar-refractivity contribution in [2.45, 2.75) is 13.5 Å². The normalized spacial score (nSPS) is 16.4. The van der Waals surface area contributed by atoms with Gasteiger partial charge in [0.05, 0.1) is 10.6 Å². The third-order valence-electron chi connectivity index (χ3n) is 6.41. The fraction of sp³-hybridized carbons (Fsp3) is 0.0714. The number of rotatable bonds is 4. The first kappa shape index (κ1) is 23.7. The topological polar surface area (TPSA) is 73.8 Å². The highest BCUT2D eigenvalue weighted by Gasteiger charge is 2.36. The van der Waals surface area contributed by atoms with Crippen LogP contribution >= 0.6 is 35.0 Å². The van der Waals surface area contributed by atoms with Crippen LogP contribution in [0.25, 0.3) is 17.0 Å². The molecule has 37 heavy (non-hydrogen) atoms. The summed E-state index contributed by atoms with van der Waals surface area (Å²) in [5.74, 6) is -0.492. The Morgan fingerprint density at radius 2 is 1.68 bits per heavy atom. The van der Waals surface area contributed by atoms with Crippen LogP contribution in [-0.4, -0.2) is 31.5 Å². The summed E-state index contributed by atoms with van der Waals surface area (Å²) in [7, 11) is 0. The zero-order valence-electron chi connectivity index (χ0n) is 19.6. The maximum atomic E-state index is 13.1. The number of nitrogens with one attached hydrogen (secondary N) is 1. The molecular weight excluding hydrogens is 525 g/mol. The summed E-state index contributed by atoms with van der Waals surface area (Å²) >= 11 is 14.0. The Kier molecular flexibility index (Phi) is 5.99. The molecule has 2 aliphatic rings. The molecule has 6 nitrogen and oxygen atoms in total. The number of benzene rings is 3. The second-order valence-electron chi connectivity index (χ2n) is 8.60. The number of carbonyl (C=O) groups excluding carboxylic acids is 1. The molecule has 0 bridgehead atoms. The minimum atomic E-state index is -0.471. The molecule has 4 aromatic rings. The van der Waals surface area contributed by atoms with Gasteiger partial charge >= 0.3 is 0 Å². The molecule has 0 fully saturated rings. The molecule has 3 heterocycles. The lowest BCUT2D eigenvalue weighted by Gasteiger charge is -2.20. The molecule has 0 aliphatic carbocycles. The van der Waals surface area contributed by atoms with Gasteiger partial charge in [0.1, 0.15) is 5.04 Å². The maximum Gasteiger partial charge on any atom is 0.283 e. The van der Waals surface area contributed by atoms with Gasteiger partial charge in [0, 0.05) is 39.3 Å². The number of hydrazone groups is 1. The summed E-state index contributed by atoms with van der Waals surface area (Å²) in [5.41, 5.74) is 4.74. The molecule has 0 unspecified atom stereocenters. The Labute approximate surface area is 227 Å². The van der Waals surface area contributed by atoms with Gasteiger partial charge in [-0.2, -0.15) is 15.1 Å². The van der Waals surface area contributed by atoms with Gasteiger partial charge in [0.2, 0.25) is 5.17 Å². The van der Waals surface area contributed by atoms with Crippen LogP contribution in [0, 0.1) is 12.3 Å². The van der Waals surface area contributed by atoms with Crippen LogP contribution in [0.1, 0.15) is 22.4 Å². The molecular formula is C28H19Cl2N5OS. The van der Waals surface area contributed by atoms with Crippen molar-refractivity contribution in [3.8, 4) is 0 Å². The summed E-state index contributed by atoms with van der Waals surface area (Å²) < 4.78 is 2.17. The van der Waals surface area contributed by atoms with Crippen LogP contribution in [0.2, 0.25) is 10.0 Å². The highest BCUT2D eigenvalue weighted by atomic mass is 35.5. The molecule has 1 aromatic heterocycles. The molecule has 3 aromatic carbocycles. The van der Waals surface area contributed by atoms with E-state index in [0.29, 0.717) is 26.8 Å². The standard InChI is InChI=1S/C28H19Cl2N5OS/c1-16-20(18-9-4-7-13-24(18)34(16)15-17-8-2-5-11-22(17)29)14-21-25(31)35-28(32-26(21)36)37-27(33-35)19-10-3-6-12-23(19)30/h2-14,31H,15H2,1H3. The predicted octanol–water partition coefficient (Wildman–Crippen LogP) is 6.97. The molecule has 1 amide bonds. The molecule has 1 N–H and O–H groups in total. The minimum absolute atomic E-state index is 0.0214. The summed E-state index contributed by atoms with van der Waals surface area (Å²) in [6, 6.07) is 23.1. The average molecular weight is 544 g/mol. The number of carbonyl (C=O) groups is 1. The van der Waals surface area contributed by atoms with Crippen molar-refractivity contribution in [3.63, 3.8) is 0 Å². The molecule has 9 heteroatoms. The summed E-state index contributed by atoms with van der Waals surface area (Å²) in [5, 5.41) is 18.0. The molecule has 0 atom stereocenters.